The standard InChI is InChI=1S/C15H13F2NO2S/c1-2-20-15(19)11-8-10(4-6-13(11)18)21-14-7-9(16)3-5-12(14)17/h3-8H,2,18H2,1H3. The van der Waals surface area contributed by atoms with Crippen molar-refractivity contribution in [3.05, 3.63) is 53.6 Å². The van der Waals surface area contributed by atoms with Crippen LogP contribution in [-0.4, -0.2) is 12.6 Å². The molecule has 2 rings (SSSR count). The van der Waals surface area contributed by atoms with Crippen LogP contribution in [0.1, 0.15) is 17.3 Å². The summed E-state index contributed by atoms with van der Waals surface area (Å²) in [5.74, 6) is -1.60. The van der Waals surface area contributed by atoms with Gasteiger partial charge in [0.1, 0.15) is 11.6 Å². The van der Waals surface area contributed by atoms with Crippen molar-refractivity contribution in [1.82, 2.24) is 0 Å². The molecule has 0 amide bonds. The SMILES string of the molecule is CCOC(=O)c1cc(Sc2cc(F)ccc2F)ccc1N. The van der Waals surface area contributed by atoms with Gasteiger partial charge in [0.15, 0.2) is 0 Å². The molecule has 0 spiro atoms. The second-order valence-electron chi connectivity index (χ2n) is 4.15. The second-order valence-corrected chi connectivity index (χ2v) is 5.26. The van der Waals surface area contributed by atoms with Gasteiger partial charge in [0.25, 0.3) is 0 Å². The van der Waals surface area contributed by atoms with Crippen LogP contribution in [0.15, 0.2) is 46.2 Å². The second kappa shape index (κ2) is 6.58. The Morgan fingerprint density at radius 2 is 2.00 bits per heavy atom. The molecule has 2 aromatic rings. The third-order valence-electron chi connectivity index (χ3n) is 2.64. The Morgan fingerprint density at radius 1 is 1.24 bits per heavy atom. The molecule has 0 aliphatic heterocycles. The summed E-state index contributed by atoms with van der Waals surface area (Å²) < 4.78 is 31.7. The van der Waals surface area contributed by atoms with Crippen molar-refractivity contribution in [3.63, 3.8) is 0 Å². The summed E-state index contributed by atoms with van der Waals surface area (Å²) in [4.78, 5) is 12.4. The molecule has 6 heteroatoms. The fourth-order valence-electron chi connectivity index (χ4n) is 1.67. The fraction of sp³-hybridized carbons (Fsp3) is 0.133. The molecular weight excluding hydrogens is 296 g/mol. The minimum absolute atomic E-state index is 0.134. The zero-order valence-corrected chi connectivity index (χ0v) is 12.0. The smallest absolute Gasteiger partial charge is 0.340 e. The Labute approximate surface area is 125 Å². The van der Waals surface area contributed by atoms with Crippen LogP contribution in [0.4, 0.5) is 14.5 Å². The summed E-state index contributed by atoms with van der Waals surface area (Å²) in [6, 6.07) is 7.87. The van der Waals surface area contributed by atoms with E-state index in [1.54, 1.807) is 13.0 Å². The van der Waals surface area contributed by atoms with Crippen LogP contribution in [0.25, 0.3) is 0 Å². The molecule has 21 heavy (non-hydrogen) atoms. The summed E-state index contributed by atoms with van der Waals surface area (Å²) in [7, 11) is 0. The Bertz CT molecular complexity index is 677. The number of rotatable bonds is 4. The molecule has 0 fully saturated rings. The lowest BCUT2D eigenvalue weighted by molar-refractivity contribution is 0.0527. The summed E-state index contributed by atoms with van der Waals surface area (Å²) in [6.45, 7) is 1.92. The number of carbonyl (C=O) groups excluding carboxylic acids is 1. The van der Waals surface area contributed by atoms with Gasteiger partial charge in [-0.05, 0) is 43.3 Å². The molecular formula is C15H13F2NO2S. The number of hydrogen-bond donors (Lipinski definition) is 1. The number of nitrogen functional groups attached to an aromatic ring is 1. The maximum Gasteiger partial charge on any atom is 0.340 e. The highest BCUT2D eigenvalue weighted by Gasteiger charge is 2.13. The van der Waals surface area contributed by atoms with Crippen molar-refractivity contribution in [1.29, 1.82) is 0 Å². The molecule has 0 atom stereocenters. The highest BCUT2D eigenvalue weighted by molar-refractivity contribution is 7.99. The average molecular weight is 309 g/mol. The minimum Gasteiger partial charge on any atom is -0.462 e. The van der Waals surface area contributed by atoms with Crippen LogP contribution in [0.5, 0.6) is 0 Å². The van der Waals surface area contributed by atoms with Crippen LogP contribution in [0, 0.1) is 11.6 Å². The maximum absolute atomic E-state index is 13.6. The van der Waals surface area contributed by atoms with E-state index >= 15 is 0 Å². The molecule has 2 N–H and O–H groups in total. The van der Waals surface area contributed by atoms with E-state index in [9.17, 15) is 13.6 Å². The topological polar surface area (TPSA) is 52.3 Å². The molecule has 0 aliphatic rings. The summed E-state index contributed by atoms with van der Waals surface area (Å²) in [5.41, 5.74) is 6.21. The minimum atomic E-state index is -0.544. The van der Waals surface area contributed by atoms with Gasteiger partial charge < -0.3 is 10.5 Å². The van der Waals surface area contributed by atoms with Gasteiger partial charge in [0, 0.05) is 10.6 Å². The first-order valence-electron chi connectivity index (χ1n) is 6.20. The van der Waals surface area contributed by atoms with Gasteiger partial charge >= 0.3 is 5.97 Å². The normalized spacial score (nSPS) is 10.4. The Kier molecular flexibility index (Phi) is 4.80. The van der Waals surface area contributed by atoms with Crippen LogP contribution in [-0.2, 0) is 4.74 Å². The van der Waals surface area contributed by atoms with E-state index in [4.69, 9.17) is 10.5 Å². The maximum atomic E-state index is 13.6. The van der Waals surface area contributed by atoms with E-state index < -0.39 is 17.6 Å². The van der Waals surface area contributed by atoms with Gasteiger partial charge in [-0.1, -0.05) is 11.8 Å². The van der Waals surface area contributed by atoms with Crippen molar-refractivity contribution in [2.75, 3.05) is 12.3 Å². The molecule has 0 unspecified atom stereocenters. The average Bonchev–Trinajstić information content (AvgIpc) is 2.45. The summed E-state index contributed by atoms with van der Waals surface area (Å²) in [6.07, 6.45) is 0. The number of hydrogen-bond acceptors (Lipinski definition) is 4. The fourth-order valence-corrected chi connectivity index (χ4v) is 2.57. The molecule has 0 radical (unpaired) electrons. The van der Waals surface area contributed by atoms with E-state index in [0.29, 0.717) is 4.90 Å². The summed E-state index contributed by atoms with van der Waals surface area (Å²) in [5, 5.41) is 0. The first kappa shape index (κ1) is 15.3. The zero-order chi connectivity index (χ0) is 15.4. The zero-order valence-electron chi connectivity index (χ0n) is 11.2. The van der Waals surface area contributed by atoms with E-state index in [-0.39, 0.29) is 22.8 Å². The number of esters is 1. The molecule has 0 bridgehead atoms. The number of nitrogens with two attached hydrogens (primary N) is 1. The van der Waals surface area contributed by atoms with Crippen molar-refractivity contribution < 1.29 is 18.3 Å². The van der Waals surface area contributed by atoms with Gasteiger partial charge in [0.2, 0.25) is 0 Å². The number of benzene rings is 2. The van der Waals surface area contributed by atoms with Crippen LogP contribution in [0.2, 0.25) is 0 Å². The van der Waals surface area contributed by atoms with Gasteiger partial charge in [-0.15, -0.1) is 0 Å². The lowest BCUT2D eigenvalue weighted by Crippen LogP contribution is -2.08. The first-order valence-corrected chi connectivity index (χ1v) is 7.02. The predicted molar refractivity (Wildman–Crippen MR) is 77.3 cm³/mol. The lowest BCUT2D eigenvalue weighted by atomic mass is 10.2. The largest absolute Gasteiger partial charge is 0.462 e. The molecule has 0 heterocycles. The van der Waals surface area contributed by atoms with Crippen LogP contribution in [0.3, 0.4) is 0 Å². The van der Waals surface area contributed by atoms with Crippen molar-refractivity contribution >= 4 is 23.4 Å². The summed E-state index contributed by atoms with van der Waals surface area (Å²) >= 11 is 1.01. The molecule has 3 nitrogen and oxygen atoms in total. The van der Waals surface area contributed by atoms with Crippen LogP contribution < -0.4 is 5.73 Å². The van der Waals surface area contributed by atoms with Gasteiger partial charge in [-0.3, -0.25) is 0 Å². The Hall–Kier alpha value is -2.08. The predicted octanol–water partition coefficient (Wildman–Crippen LogP) is 3.87. The Morgan fingerprint density at radius 3 is 2.71 bits per heavy atom. The monoisotopic (exact) mass is 309 g/mol. The third-order valence-corrected chi connectivity index (χ3v) is 3.66. The molecule has 0 aliphatic carbocycles. The van der Waals surface area contributed by atoms with Crippen molar-refractivity contribution in [2.24, 2.45) is 0 Å². The van der Waals surface area contributed by atoms with E-state index in [1.165, 1.54) is 12.1 Å². The highest BCUT2D eigenvalue weighted by Crippen LogP contribution is 2.32. The quantitative estimate of drug-likeness (QED) is 0.688. The van der Waals surface area contributed by atoms with Gasteiger partial charge in [-0.25, -0.2) is 13.6 Å². The van der Waals surface area contributed by atoms with E-state index in [0.717, 1.165) is 30.0 Å². The van der Waals surface area contributed by atoms with Crippen molar-refractivity contribution in [3.8, 4) is 0 Å². The molecule has 110 valence electrons. The van der Waals surface area contributed by atoms with Crippen molar-refractivity contribution in [2.45, 2.75) is 16.7 Å². The number of ether oxygens (including phenoxy) is 1. The molecule has 0 saturated carbocycles. The highest BCUT2D eigenvalue weighted by atomic mass is 32.2. The number of anilines is 1. The van der Waals surface area contributed by atoms with Gasteiger partial charge in [0.05, 0.1) is 17.1 Å². The van der Waals surface area contributed by atoms with E-state index in [2.05, 4.69) is 0 Å². The molecule has 2 aromatic carbocycles. The molecule has 0 aromatic heterocycles. The number of halogens is 2. The van der Waals surface area contributed by atoms with E-state index in [1.807, 2.05) is 0 Å². The number of carbonyl (C=O) groups is 1. The van der Waals surface area contributed by atoms with Gasteiger partial charge in [-0.2, -0.15) is 0 Å². The Balaban J connectivity index is 2.31. The third kappa shape index (κ3) is 3.72. The lowest BCUT2D eigenvalue weighted by Gasteiger charge is -2.08. The molecule has 0 saturated heterocycles. The first-order chi connectivity index (χ1) is 10.0. The van der Waals surface area contributed by atoms with Crippen LogP contribution >= 0.6 is 11.8 Å².